The van der Waals surface area contributed by atoms with E-state index in [4.69, 9.17) is 0 Å². The van der Waals surface area contributed by atoms with Gasteiger partial charge < -0.3 is 9.90 Å². The molecular weight excluding hydrogens is 398 g/mol. The maximum atomic E-state index is 10.5. The molecule has 0 rings (SSSR count). The van der Waals surface area contributed by atoms with Crippen molar-refractivity contribution in [2.24, 2.45) is 0 Å². The number of halogens is 1. The van der Waals surface area contributed by atoms with E-state index in [0.29, 0.717) is 0 Å². The average molecular weight is 430 g/mol. The summed E-state index contributed by atoms with van der Waals surface area (Å²) in [6.07, 6.45) is 20.6. The van der Waals surface area contributed by atoms with Crippen molar-refractivity contribution in [1.29, 1.82) is 0 Å². The van der Waals surface area contributed by atoms with Crippen LogP contribution in [0.4, 0.5) is 0 Å². The van der Waals surface area contributed by atoms with Crippen molar-refractivity contribution in [2.75, 3.05) is 0 Å². The molecule has 0 N–H and O–H groups in total. The third kappa shape index (κ3) is 19.0. The van der Waals surface area contributed by atoms with Crippen LogP contribution in [-0.4, -0.2) is 9.89 Å². The van der Waals surface area contributed by atoms with Gasteiger partial charge in [0.05, 0.1) is 9.89 Å². The van der Waals surface area contributed by atoms with Gasteiger partial charge in [0.15, 0.2) is 0 Å². The van der Waals surface area contributed by atoms with Gasteiger partial charge in [0.1, 0.15) is 0 Å². The fourth-order valence-corrected chi connectivity index (χ4v) is 2.78. The minimum Gasteiger partial charge on any atom is -0.549 e. The Morgan fingerprint density at radius 1 is 0.909 bits per heavy atom. The van der Waals surface area contributed by atoms with Gasteiger partial charge in [-0.05, 0) is 32.1 Å². The Morgan fingerprint density at radius 3 is 1.86 bits per heavy atom. The molecule has 0 aromatic rings. The molecule has 0 aromatic heterocycles. The van der Waals surface area contributed by atoms with E-state index < -0.39 is 5.97 Å². The molecule has 4 heteroatoms. The summed E-state index contributed by atoms with van der Waals surface area (Å²) in [5.74, 6) is -0.923. The molecule has 0 saturated heterocycles. The molecule has 0 aliphatic carbocycles. The number of hydrogen-bond acceptors (Lipinski definition) is 2. The molecule has 22 heavy (non-hydrogen) atoms. The molecule has 0 saturated carbocycles. The van der Waals surface area contributed by atoms with Crippen LogP contribution >= 0.6 is 22.6 Å². The Bertz CT molecular complexity index is 270. The second-order valence-corrected chi connectivity index (χ2v) is 7.31. The number of carboxylic acid groups (broad SMARTS) is 1. The maximum absolute atomic E-state index is 10.5. The van der Waals surface area contributed by atoms with Gasteiger partial charge in [-0.15, -0.1) is 0 Å². The Morgan fingerprint density at radius 2 is 1.36 bits per heavy atom. The summed E-state index contributed by atoms with van der Waals surface area (Å²) in [4.78, 5) is 10.5. The zero-order chi connectivity index (χ0) is 15.8. The molecule has 0 aromatic carbocycles. The number of carbonyl (C=O) groups is 1. The number of carboxylic acids is 1. The summed E-state index contributed by atoms with van der Waals surface area (Å²) in [6, 6.07) is 0. The van der Waals surface area contributed by atoms with E-state index in [1.807, 2.05) is 22.6 Å². The molecule has 0 radical (unpaired) electrons. The van der Waals surface area contributed by atoms with Crippen molar-refractivity contribution < 1.29 is 39.5 Å². The number of carbonyl (C=O) groups excluding carboxylic acids is 1. The minimum atomic E-state index is -0.923. The molecular formula is C18H32INaO2. The number of aliphatic carboxylic acids is 1. The molecule has 1 atom stereocenters. The zero-order valence-corrected chi connectivity index (χ0v) is 18.8. The van der Waals surface area contributed by atoms with Crippen molar-refractivity contribution in [1.82, 2.24) is 0 Å². The molecule has 1 unspecified atom stereocenters. The van der Waals surface area contributed by atoms with Crippen LogP contribution in [0.5, 0.6) is 0 Å². The monoisotopic (exact) mass is 430 g/mol. The van der Waals surface area contributed by atoms with Gasteiger partial charge in [0.2, 0.25) is 0 Å². The van der Waals surface area contributed by atoms with Crippen molar-refractivity contribution in [3.63, 3.8) is 0 Å². The third-order valence-electron chi connectivity index (χ3n) is 3.73. The summed E-state index contributed by atoms with van der Waals surface area (Å²) in [5.41, 5.74) is 0. The summed E-state index contributed by atoms with van der Waals surface area (Å²) in [5, 5.41) is 10.5. The largest absolute Gasteiger partial charge is 1.00 e. The van der Waals surface area contributed by atoms with Gasteiger partial charge in [-0.2, -0.15) is 0 Å². The molecule has 0 heterocycles. The number of rotatable bonds is 15. The van der Waals surface area contributed by atoms with Crippen molar-refractivity contribution in [3.8, 4) is 0 Å². The molecule has 2 nitrogen and oxygen atoms in total. The summed E-state index contributed by atoms with van der Waals surface area (Å²) >= 11 is 1.96. The van der Waals surface area contributed by atoms with Crippen molar-refractivity contribution in [3.05, 3.63) is 12.2 Å². The standard InChI is InChI=1S/C18H33IO2.Na/c1-2-3-4-5-6-7-8-9-10-11-12-13-14-15-16-17(19)18(20)21;/h9-10,17H,2-8,11-16H2,1H3,(H,20,21);/q;+1/p-1/b10-9-;. The Kier molecular flexibility index (Phi) is 22.9. The van der Waals surface area contributed by atoms with E-state index in [0.717, 1.165) is 19.3 Å². The minimum absolute atomic E-state index is 0. The van der Waals surface area contributed by atoms with E-state index in [9.17, 15) is 9.90 Å². The van der Waals surface area contributed by atoms with Gasteiger partial charge >= 0.3 is 29.6 Å². The summed E-state index contributed by atoms with van der Waals surface area (Å²) in [7, 11) is 0. The normalized spacial score (nSPS) is 12.3. The van der Waals surface area contributed by atoms with E-state index in [1.165, 1.54) is 64.2 Å². The van der Waals surface area contributed by atoms with E-state index >= 15 is 0 Å². The molecule has 0 bridgehead atoms. The number of unbranched alkanes of at least 4 members (excludes halogenated alkanes) is 10. The van der Waals surface area contributed by atoms with Crippen LogP contribution in [0, 0.1) is 0 Å². The number of allylic oxidation sites excluding steroid dienone is 2. The van der Waals surface area contributed by atoms with Crippen LogP contribution in [0.1, 0.15) is 90.4 Å². The van der Waals surface area contributed by atoms with Gasteiger partial charge in [0, 0.05) is 0 Å². The fourth-order valence-electron chi connectivity index (χ4n) is 2.34. The topological polar surface area (TPSA) is 40.1 Å². The number of alkyl halides is 1. The van der Waals surface area contributed by atoms with E-state index in [-0.39, 0.29) is 33.5 Å². The predicted molar refractivity (Wildman–Crippen MR) is 97.7 cm³/mol. The Balaban J connectivity index is 0. The maximum Gasteiger partial charge on any atom is 1.00 e. The van der Waals surface area contributed by atoms with E-state index in [2.05, 4.69) is 19.1 Å². The second kappa shape index (κ2) is 20.0. The quantitative estimate of drug-likeness (QED) is 0.131. The van der Waals surface area contributed by atoms with Crippen LogP contribution in [0.3, 0.4) is 0 Å². The SMILES string of the molecule is CCCCCCCC/C=C\CCCCCCC(I)C(=O)[O-].[Na+]. The summed E-state index contributed by atoms with van der Waals surface area (Å²) < 4.78 is -0.320. The second-order valence-electron chi connectivity index (χ2n) is 5.81. The first kappa shape index (κ1) is 25.2. The summed E-state index contributed by atoms with van der Waals surface area (Å²) in [6.45, 7) is 2.26. The third-order valence-corrected chi connectivity index (χ3v) is 4.86. The molecule has 0 amide bonds. The van der Waals surface area contributed by atoms with Crippen molar-refractivity contribution in [2.45, 2.75) is 94.3 Å². The van der Waals surface area contributed by atoms with Crippen molar-refractivity contribution >= 4 is 28.6 Å². The van der Waals surface area contributed by atoms with Crippen LogP contribution < -0.4 is 34.7 Å². The van der Waals surface area contributed by atoms with Gasteiger partial charge in [-0.25, -0.2) is 0 Å². The first-order valence-corrected chi connectivity index (χ1v) is 9.93. The Hall–Kier alpha value is 0.940. The van der Waals surface area contributed by atoms with Crippen LogP contribution in [0.25, 0.3) is 0 Å². The molecule has 0 aliphatic rings. The smallest absolute Gasteiger partial charge is 0.549 e. The molecule has 124 valence electrons. The van der Waals surface area contributed by atoms with Crippen LogP contribution in [0.2, 0.25) is 0 Å². The predicted octanol–water partition coefficient (Wildman–Crippen LogP) is 2.19. The van der Waals surface area contributed by atoms with Gasteiger partial charge in [0.25, 0.3) is 0 Å². The van der Waals surface area contributed by atoms with Gasteiger partial charge in [-0.1, -0.05) is 93.0 Å². The number of hydrogen-bond donors (Lipinski definition) is 0. The molecule has 0 fully saturated rings. The average Bonchev–Trinajstić information content (AvgIpc) is 2.47. The first-order valence-electron chi connectivity index (χ1n) is 8.68. The zero-order valence-electron chi connectivity index (χ0n) is 14.6. The van der Waals surface area contributed by atoms with E-state index in [1.54, 1.807) is 0 Å². The van der Waals surface area contributed by atoms with Gasteiger partial charge in [-0.3, -0.25) is 0 Å². The fraction of sp³-hybridized carbons (Fsp3) is 0.833. The van der Waals surface area contributed by atoms with Crippen LogP contribution in [0.15, 0.2) is 12.2 Å². The molecule has 0 spiro atoms. The molecule has 0 aliphatic heterocycles. The van der Waals surface area contributed by atoms with Crippen LogP contribution in [-0.2, 0) is 4.79 Å². The first-order chi connectivity index (χ1) is 10.2. The Labute approximate surface area is 173 Å².